The SMILES string of the molecule is COc1ccc(CCN(C)C(=O)Cn2cc(C=CC(=O)O)c3cc(OCc4ccccc4)ccc32)cc1. The van der Waals surface area contributed by atoms with Crippen molar-refractivity contribution >= 4 is 28.9 Å². The van der Waals surface area contributed by atoms with Crippen molar-refractivity contribution in [1.29, 1.82) is 0 Å². The van der Waals surface area contributed by atoms with E-state index < -0.39 is 5.97 Å². The van der Waals surface area contributed by atoms with E-state index in [2.05, 4.69) is 0 Å². The van der Waals surface area contributed by atoms with Gasteiger partial charge in [-0.15, -0.1) is 0 Å². The Hall–Kier alpha value is -4.52. The van der Waals surface area contributed by atoms with Gasteiger partial charge in [0.05, 0.1) is 7.11 Å². The highest BCUT2D eigenvalue weighted by Crippen LogP contribution is 2.28. The molecule has 37 heavy (non-hydrogen) atoms. The van der Waals surface area contributed by atoms with Gasteiger partial charge in [0.2, 0.25) is 5.91 Å². The molecule has 0 aliphatic heterocycles. The molecule has 190 valence electrons. The Morgan fingerprint density at radius 1 is 0.973 bits per heavy atom. The fraction of sp³-hybridized carbons (Fsp3) is 0.200. The Kier molecular flexibility index (Phi) is 8.26. The molecule has 0 aliphatic rings. The van der Waals surface area contributed by atoms with Crippen molar-refractivity contribution in [2.75, 3.05) is 20.7 Å². The van der Waals surface area contributed by atoms with E-state index in [1.165, 1.54) is 0 Å². The Bertz CT molecular complexity index is 1390. The van der Waals surface area contributed by atoms with Crippen LogP contribution in [-0.4, -0.2) is 47.2 Å². The number of carboxylic acids is 1. The van der Waals surface area contributed by atoms with Crippen molar-refractivity contribution in [2.45, 2.75) is 19.6 Å². The van der Waals surface area contributed by atoms with Gasteiger partial charge in [0.1, 0.15) is 24.7 Å². The number of hydrogen-bond acceptors (Lipinski definition) is 4. The summed E-state index contributed by atoms with van der Waals surface area (Å²) in [6.45, 7) is 1.14. The maximum absolute atomic E-state index is 13.0. The van der Waals surface area contributed by atoms with Gasteiger partial charge >= 0.3 is 5.97 Å². The average Bonchev–Trinajstić information content (AvgIpc) is 3.26. The van der Waals surface area contributed by atoms with Gasteiger partial charge in [-0.1, -0.05) is 42.5 Å². The molecule has 0 unspecified atom stereocenters. The number of amides is 1. The Morgan fingerprint density at radius 3 is 2.41 bits per heavy atom. The van der Waals surface area contributed by atoms with Crippen molar-refractivity contribution < 1.29 is 24.2 Å². The first-order chi connectivity index (χ1) is 17.9. The van der Waals surface area contributed by atoms with Crippen LogP contribution >= 0.6 is 0 Å². The van der Waals surface area contributed by atoms with Crippen LogP contribution in [0.25, 0.3) is 17.0 Å². The zero-order valence-electron chi connectivity index (χ0n) is 21.0. The molecular formula is C30H30N2O5. The molecule has 0 aliphatic carbocycles. The minimum atomic E-state index is -1.04. The van der Waals surface area contributed by atoms with Gasteiger partial charge in [-0.2, -0.15) is 0 Å². The van der Waals surface area contributed by atoms with E-state index in [1.54, 1.807) is 31.3 Å². The number of aromatic nitrogens is 1. The highest BCUT2D eigenvalue weighted by molar-refractivity contribution is 5.95. The van der Waals surface area contributed by atoms with Crippen LogP contribution in [-0.2, 0) is 29.2 Å². The molecule has 0 saturated heterocycles. The molecule has 1 heterocycles. The fourth-order valence-electron chi connectivity index (χ4n) is 4.04. The third-order valence-electron chi connectivity index (χ3n) is 6.16. The second-order valence-corrected chi connectivity index (χ2v) is 8.75. The number of carboxylic acid groups (broad SMARTS) is 1. The van der Waals surface area contributed by atoms with E-state index >= 15 is 0 Å². The lowest BCUT2D eigenvalue weighted by molar-refractivity contribution is -0.131. The number of hydrogen-bond donors (Lipinski definition) is 1. The summed E-state index contributed by atoms with van der Waals surface area (Å²) >= 11 is 0. The molecule has 0 fully saturated rings. The molecule has 3 aromatic carbocycles. The van der Waals surface area contributed by atoms with Crippen molar-refractivity contribution in [1.82, 2.24) is 9.47 Å². The summed E-state index contributed by atoms with van der Waals surface area (Å²) < 4.78 is 13.0. The quantitative estimate of drug-likeness (QED) is 0.294. The van der Waals surface area contributed by atoms with Crippen molar-refractivity contribution in [3.05, 3.63) is 102 Å². The Balaban J connectivity index is 1.49. The molecule has 7 heteroatoms. The first-order valence-corrected chi connectivity index (χ1v) is 12.0. The average molecular weight is 499 g/mol. The molecule has 0 radical (unpaired) electrons. The number of benzene rings is 3. The fourth-order valence-corrected chi connectivity index (χ4v) is 4.04. The van der Waals surface area contributed by atoms with Crippen molar-refractivity contribution in [2.24, 2.45) is 0 Å². The van der Waals surface area contributed by atoms with Crippen LogP contribution < -0.4 is 9.47 Å². The van der Waals surface area contributed by atoms with Crippen LogP contribution in [0.5, 0.6) is 11.5 Å². The molecule has 0 saturated carbocycles. The molecule has 4 rings (SSSR count). The van der Waals surface area contributed by atoms with Crippen LogP contribution in [0.4, 0.5) is 0 Å². The van der Waals surface area contributed by atoms with Gasteiger partial charge in [0.25, 0.3) is 0 Å². The zero-order chi connectivity index (χ0) is 26.2. The van der Waals surface area contributed by atoms with E-state index in [1.807, 2.05) is 77.4 Å². The monoisotopic (exact) mass is 498 g/mol. The number of aliphatic carboxylic acids is 1. The predicted octanol–water partition coefficient (Wildman–Crippen LogP) is 5.03. The normalized spacial score (nSPS) is 11.1. The zero-order valence-corrected chi connectivity index (χ0v) is 21.0. The first-order valence-electron chi connectivity index (χ1n) is 12.0. The first kappa shape index (κ1) is 25.6. The van der Waals surface area contributed by atoms with E-state index in [9.17, 15) is 9.59 Å². The minimum absolute atomic E-state index is 0.0384. The summed E-state index contributed by atoms with van der Waals surface area (Å²) in [4.78, 5) is 25.9. The smallest absolute Gasteiger partial charge is 0.328 e. The maximum atomic E-state index is 13.0. The Morgan fingerprint density at radius 2 is 1.70 bits per heavy atom. The van der Waals surface area contributed by atoms with E-state index in [0.717, 1.165) is 40.3 Å². The number of methoxy groups -OCH3 is 1. The van der Waals surface area contributed by atoms with Crippen molar-refractivity contribution in [3.8, 4) is 11.5 Å². The number of carbonyl (C=O) groups is 2. The van der Waals surface area contributed by atoms with Gasteiger partial charge in [-0.25, -0.2) is 4.79 Å². The van der Waals surface area contributed by atoms with E-state index in [4.69, 9.17) is 14.6 Å². The topological polar surface area (TPSA) is 81.0 Å². The third-order valence-corrected chi connectivity index (χ3v) is 6.16. The van der Waals surface area contributed by atoms with Crippen molar-refractivity contribution in [3.63, 3.8) is 0 Å². The van der Waals surface area contributed by atoms with Gasteiger partial charge < -0.3 is 24.0 Å². The highest BCUT2D eigenvalue weighted by atomic mass is 16.5. The number of nitrogens with zero attached hydrogens (tertiary/aromatic N) is 2. The van der Waals surface area contributed by atoms with E-state index in [-0.39, 0.29) is 12.5 Å². The molecule has 0 atom stereocenters. The molecule has 1 N–H and O–H groups in total. The molecule has 0 spiro atoms. The summed E-state index contributed by atoms with van der Waals surface area (Å²) in [6, 6.07) is 23.3. The molecular weight excluding hydrogens is 468 g/mol. The number of carbonyl (C=O) groups excluding carboxylic acids is 1. The summed E-state index contributed by atoms with van der Waals surface area (Å²) in [5, 5.41) is 9.95. The second-order valence-electron chi connectivity index (χ2n) is 8.75. The maximum Gasteiger partial charge on any atom is 0.328 e. The van der Waals surface area contributed by atoms with Crippen LogP contribution in [0.3, 0.4) is 0 Å². The molecule has 4 aromatic rings. The van der Waals surface area contributed by atoms with Crippen LogP contribution in [0.1, 0.15) is 16.7 Å². The summed E-state index contributed by atoms with van der Waals surface area (Å²) in [5.74, 6) is 0.395. The van der Waals surface area contributed by atoms with Crippen LogP contribution in [0.15, 0.2) is 85.1 Å². The number of likely N-dealkylation sites (N-methyl/N-ethyl adjacent to an activating group) is 1. The van der Waals surface area contributed by atoms with Crippen LogP contribution in [0, 0.1) is 0 Å². The largest absolute Gasteiger partial charge is 0.497 e. The predicted molar refractivity (Wildman–Crippen MR) is 144 cm³/mol. The lowest BCUT2D eigenvalue weighted by atomic mass is 10.1. The number of rotatable bonds is 11. The lowest BCUT2D eigenvalue weighted by Gasteiger charge is -2.18. The highest BCUT2D eigenvalue weighted by Gasteiger charge is 2.14. The standard InChI is InChI=1S/C30H30N2O5/c1-31(17-16-22-8-11-25(36-2)12-9-22)29(33)20-32-19-24(10-15-30(34)35)27-18-26(13-14-28(27)32)37-21-23-6-4-3-5-7-23/h3-15,18-19H,16-17,20-21H2,1-2H3,(H,34,35). The minimum Gasteiger partial charge on any atom is -0.497 e. The van der Waals surface area contributed by atoms with Gasteiger partial charge in [0.15, 0.2) is 0 Å². The molecule has 7 nitrogen and oxygen atoms in total. The molecule has 1 amide bonds. The molecule has 0 bridgehead atoms. The number of fused-ring (bicyclic) bond motifs is 1. The molecule has 1 aromatic heterocycles. The number of ether oxygens (including phenoxy) is 2. The van der Waals surface area contributed by atoms with Gasteiger partial charge in [-0.3, -0.25) is 4.79 Å². The summed E-state index contributed by atoms with van der Waals surface area (Å²) in [6.07, 6.45) is 5.17. The summed E-state index contributed by atoms with van der Waals surface area (Å²) in [5.41, 5.74) is 3.70. The van der Waals surface area contributed by atoms with E-state index in [0.29, 0.717) is 24.5 Å². The Labute approximate surface area is 216 Å². The second kappa shape index (κ2) is 11.9. The summed E-state index contributed by atoms with van der Waals surface area (Å²) in [7, 11) is 3.42. The van der Waals surface area contributed by atoms with Gasteiger partial charge in [-0.05, 0) is 54.0 Å². The lowest BCUT2D eigenvalue weighted by Crippen LogP contribution is -2.31. The third kappa shape index (κ3) is 6.79. The van der Waals surface area contributed by atoms with Gasteiger partial charge in [0, 0.05) is 42.3 Å². The van der Waals surface area contributed by atoms with Crippen LogP contribution in [0.2, 0.25) is 0 Å².